The zero-order chi connectivity index (χ0) is 15.0. The molecule has 0 aliphatic rings. The van der Waals surface area contributed by atoms with E-state index < -0.39 is 0 Å². The van der Waals surface area contributed by atoms with Crippen LogP contribution in [-0.2, 0) is 13.0 Å². The van der Waals surface area contributed by atoms with Gasteiger partial charge in [0, 0.05) is 6.54 Å². The Labute approximate surface area is 133 Å². The van der Waals surface area contributed by atoms with Gasteiger partial charge in [0.25, 0.3) is 0 Å². The Hall–Kier alpha value is -2.12. The average Bonchev–Trinajstić information content (AvgIpc) is 2.59. The fourth-order valence-corrected chi connectivity index (χ4v) is 2.90. The molecular weight excluding hydrogens is 266 g/mol. The molecule has 3 rings (SSSR count). The fraction of sp³-hybridized carbons (Fsp3) is 0.238. The first kappa shape index (κ1) is 14.8. The van der Waals surface area contributed by atoms with Crippen LogP contribution in [0.4, 0.5) is 0 Å². The summed E-state index contributed by atoms with van der Waals surface area (Å²) in [6.45, 7) is 2.05. The minimum Gasteiger partial charge on any atom is -0.313 e. The molecule has 0 saturated carbocycles. The average molecular weight is 289 g/mol. The van der Waals surface area contributed by atoms with Crippen molar-refractivity contribution in [1.29, 1.82) is 0 Å². The van der Waals surface area contributed by atoms with Crippen molar-refractivity contribution in [2.24, 2.45) is 0 Å². The molecule has 1 N–H and O–H groups in total. The predicted molar refractivity (Wildman–Crippen MR) is 95.0 cm³/mol. The number of hydrogen-bond acceptors (Lipinski definition) is 1. The van der Waals surface area contributed by atoms with Crippen LogP contribution in [-0.4, -0.2) is 6.54 Å². The van der Waals surface area contributed by atoms with Crippen LogP contribution in [0.1, 0.15) is 24.0 Å². The first-order chi connectivity index (χ1) is 10.9. The molecule has 0 amide bonds. The number of aryl methyl sites for hydroxylation is 1. The lowest BCUT2D eigenvalue weighted by Gasteiger charge is -2.07. The summed E-state index contributed by atoms with van der Waals surface area (Å²) in [5.74, 6) is 0. The largest absolute Gasteiger partial charge is 0.313 e. The molecule has 1 heteroatoms. The topological polar surface area (TPSA) is 12.0 Å². The summed E-state index contributed by atoms with van der Waals surface area (Å²) in [5.41, 5.74) is 2.83. The van der Waals surface area contributed by atoms with Gasteiger partial charge in [-0.15, -0.1) is 0 Å². The molecule has 0 bridgehead atoms. The highest BCUT2D eigenvalue weighted by molar-refractivity contribution is 5.85. The predicted octanol–water partition coefficient (Wildman–Crippen LogP) is 4.95. The Morgan fingerprint density at radius 2 is 1.45 bits per heavy atom. The van der Waals surface area contributed by atoms with Gasteiger partial charge in [-0.3, -0.25) is 0 Å². The first-order valence-electron chi connectivity index (χ1n) is 8.15. The Morgan fingerprint density at radius 3 is 2.36 bits per heavy atom. The van der Waals surface area contributed by atoms with Gasteiger partial charge in [-0.1, -0.05) is 72.8 Å². The first-order valence-corrected chi connectivity index (χ1v) is 8.15. The van der Waals surface area contributed by atoms with Gasteiger partial charge in [0.1, 0.15) is 0 Å². The van der Waals surface area contributed by atoms with Gasteiger partial charge >= 0.3 is 0 Å². The Bertz CT molecular complexity index is 698. The Balaban J connectivity index is 1.43. The maximum atomic E-state index is 3.53. The zero-order valence-corrected chi connectivity index (χ0v) is 13.0. The van der Waals surface area contributed by atoms with E-state index in [0.717, 1.165) is 19.5 Å². The summed E-state index contributed by atoms with van der Waals surface area (Å²) in [5, 5.41) is 6.28. The Morgan fingerprint density at radius 1 is 0.682 bits per heavy atom. The molecule has 0 atom stereocenters. The normalized spacial score (nSPS) is 10.9. The van der Waals surface area contributed by atoms with E-state index >= 15 is 0 Å². The zero-order valence-electron chi connectivity index (χ0n) is 13.0. The molecule has 0 radical (unpaired) electrons. The maximum absolute atomic E-state index is 3.53. The SMILES string of the molecule is c1ccc(CNCCCCc2cccc3ccccc23)cc1. The van der Waals surface area contributed by atoms with Crippen molar-refractivity contribution in [2.45, 2.75) is 25.8 Å². The van der Waals surface area contributed by atoms with Crippen molar-refractivity contribution in [1.82, 2.24) is 5.32 Å². The van der Waals surface area contributed by atoms with Gasteiger partial charge in [-0.2, -0.15) is 0 Å². The standard InChI is InChI=1S/C21H23N/c1-2-9-18(10-3-1)17-22-16-7-6-12-20-14-8-13-19-11-4-5-15-21(19)20/h1-5,8-11,13-15,22H,6-7,12,16-17H2. The molecule has 3 aromatic carbocycles. The second-order valence-corrected chi connectivity index (χ2v) is 5.76. The Kier molecular flexibility index (Phi) is 5.22. The maximum Gasteiger partial charge on any atom is 0.0205 e. The summed E-state index contributed by atoms with van der Waals surface area (Å²) in [7, 11) is 0. The molecular formula is C21H23N. The van der Waals surface area contributed by atoms with Crippen LogP contribution in [0.2, 0.25) is 0 Å². The molecule has 112 valence electrons. The third-order valence-corrected chi connectivity index (χ3v) is 4.10. The van der Waals surface area contributed by atoms with Crippen molar-refractivity contribution in [3.05, 3.63) is 83.9 Å². The van der Waals surface area contributed by atoms with Crippen molar-refractivity contribution in [3.8, 4) is 0 Å². The van der Waals surface area contributed by atoms with E-state index in [1.807, 2.05) is 0 Å². The number of unbranched alkanes of at least 4 members (excludes halogenated alkanes) is 1. The summed E-state index contributed by atoms with van der Waals surface area (Å²) in [4.78, 5) is 0. The van der Waals surface area contributed by atoms with Gasteiger partial charge in [0.15, 0.2) is 0 Å². The number of fused-ring (bicyclic) bond motifs is 1. The van der Waals surface area contributed by atoms with Crippen LogP contribution in [0.25, 0.3) is 10.8 Å². The summed E-state index contributed by atoms with van der Waals surface area (Å²) in [6, 6.07) is 25.9. The molecule has 0 aliphatic heterocycles. The number of hydrogen-bond donors (Lipinski definition) is 1. The highest BCUT2D eigenvalue weighted by Crippen LogP contribution is 2.19. The minimum atomic E-state index is 0.967. The molecule has 0 aliphatic carbocycles. The van der Waals surface area contributed by atoms with E-state index in [2.05, 4.69) is 78.1 Å². The molecule has 0 heterocycles. The van der Waals surface area contributed by atoms with Crippen LogP contribution in [0.5, 0.6) is 0 Å². The third-order valence-electron chi connectivity index (χ3n) is 4.10. The molecule has 0 saturated heterocycles. The molecule has 0 spiro atoms. The van der Waals surface area contributed by atoms with Gasteiger partial charge in [-0.25, -0.2) is 0 Å². The lowest BCUT2D eigenvalue weighted by molar-refractivity contribution is 0.623. The highest BCUT2D eigenvalue weighted by Gasteiger charge is 2.00. The van der Waals surface area contributed by atoms with Crippen molar-refractivity contribution < 1.29 is 0 Å². The molecule has 3 aromatic rings. The molecule has 1 nitrogen and oxygen atoms in total. The highest BCUT2D eigenvalue weighted by atomic mass is 14.8. The third kappa shape index (κ3) is 3.96. The van der Waals surface area contributed by atoms with Gasteiger partial charge < -0.3 is 5.32 Å². The number of nitrogens with one attached hydrogen (secondary N) is 1. The second-order valence-electron chi connectivity index (χ2n) is 5.76. The van der Waals surface area contributed by atoms with Crippen LogP contribution in [0.15, 0.2) is 72.8 Å². The number of rotatable bonds is 7. The van der Waals surface area contributed by atoms with E-state index in [1.54, 1.807) is 0 Å². The monoisotopic (exact) mass is 289 g/mol. The van der Waals surface area contributed by atoms with Crippen LogP contribution in [0, 0.1) is 0 Å². The van der Waals surface area contributed by atoms with Crippen LogP contribution in [0.3, 0.4) is 0 Å². The van der Waals surface area contributed by atoms with E-state index in [1.165, 1.54) is 34.7 Å². The number of benzene rings is 3. The molecule has 22 heavy (non-hydrogen) atoms. The summed E-state index contributed by atoms with van der Waals surface area (Å²) < 4.78 is 0. The molecule has 0 unspecified atom stereocenters. The van der Waals surface area contributed by atoms with E-state index in [-0.39, 0.29) is 0 Å². The minimum absolute atomic E-state index is 0.967. The van der Waals surface area contributed by atoms with E-state index in [9.17, 15) is 0 Å². The summed E-state index contributed by atoms with van der Waals surface area (Å²) in [6.07, 6.45) is 3.61. The summed E-state index contributed by atoms with van der Waals surface area (Å²) >= 11 is 0. The lowest BCUT2D eigenvalue weighted by atomic mass is 10.0. The van der Waals surface area contributed by atoms with Crippen molar-refractivity contribution in [2.75, 3.05) is 6.54 Å². The second kappa shape index (κ2) is 7.77. The lowest BCUT2D eigenvalue weighted by Crippen LogP contribution is -2.14. The van der Waals surface area contributed by atoms with Crippen molar-refractivity contribution in [3.63, 3.8) is 0 Å². The quantitative estimate of drug-likeness (QED) is 0.607. The van der Waals surface area contributed by atoms with Crippen LogP contribution >= 0.6 is 0 Å². The van der Waals surface area contributed by atoms with Crippen molar-refractivity contribution >= 4 is 10.8 Å². The van der Waals surface area contributed by atoms with E-state index in [4.69, 9.17) is 0 Å². The smallest absolute Gasteiger partial charge is 0.0205 e. The van der Waals surface area contributed by atoms with E-state index in [0.29, 0.717) is 0 Å². The fourth-order valence-electron chi connectivity index (χ4n) is 2.90. The van der Waals surface area contributed by atoms with Gasteiger partial charge in [0.05, 0.1) is 0 Å². The molecule has 0 fully saturated rings. The van der Waals surface area contributed by atoms with Gasteiger partial charge in [0.2, 0.25) is 0 Å². The van der Waals surface area contributed by atoms with Gasteiger partial charge in [-0.05, 0) is 47.7 Å². The molecule has 0 aromatic heterocycles. The van der Waals surface area contributed by atoms with Crippen LogP contribution < -0.4 is 5.32 Å².